The molecule has 0 bridgehead atoms. The predicted molar refractivity (Wildman–Crippen MR) is 53.6 cm³/mol. The van der Waals surface area contributed by atoms with Gasteiger partial charge in [0, 0.05) is 10.6 Å². The largest absolute Gasteiger partial charge is 0.393 e. The van der Waals surface area contributed by atoms with E-state index >= 15 is 0 Å². The molecular weight excluding hydrogens is 168 g/mol. The average Bonchev–Trinajstić information content (AvgIpc) is 2.03. The first kappa shape index (κ1) is 9.62. The van der Waals surface area contributed by atoms with Crippen LogP contribution in [-0.4, -0.2) is 17.0 Å². The van der Waals surface area contributed by atoms with E-state index in [9.17, 15) is 0 Å². The molecule has 1 nitrogen and oxygen atoms in total. The molecule has 0 aliphatic rings. The van der Waals surface area contributed by atoms with Crippen LogP contribution >= 0.6 is 11.8 Å². The van der Waals surface area contributed by atoms with Crippen molar-refractivity contribution >= 4 is 11.8 Å². The topological polar surface area (TPSA) is 20.2 Å². The van der Waals surface area contributed by atoms with E-state index in [0.717, 1.165) is 5.75 Å². The molecule has 0 saturated heterocycles. The number of aliphatic hydroxyl groups is 1. The Morgan fingerprint density at radius 2 is 1.92 bits per heavy atom. The fraction of sp³-hybridized carbons (Fsp3) is 0.400. The second kappa shape index (κ2) is 4.53. The molecule has 0 fully saturated rings. The minimum atomic E-state index is -0.226. The maximum atomic E-state index is 9.05. The Morgan fingerprint density at radius 1 is 1.33 bits per heavy atom. The van der Waals surface area contributed by atoms with Crippen LogP contribution in [0.2, 0.25) is 0 Å². The fourth-order valence-corrected chi connectivity index (χ4v) is 1.61. The number of benzene rings is 1. The summed E-state index contributed by atoms with van der Waals surface area (Å²) in [5.74, 6) is 0.767. The molecule has 0 amide bonds. The van der Waals surface area contributed by atoms with Gasteiger partial charge in [-0.15, -0.1) is 11.8 Å². The van der Waals surface area contributed by atoms with E-state index in [2.05, 4.69) is 31.2 Å². The third-order valence-corrected chi connectivity index (χ3v) is 2.77. The van der Waals surface area contributed by atoms with E-state index in [1.807, 2.05) is 0 Å². The van der Waals surface area contributed by atoms with Gasteiger partial charge in [0.2, 0.25) is 0 Å². The Kier molecular flexibility index (Phi) is 3.63. The maximum absolute atomic E-state index is 9.05. The van der Waals surface area contributed by atoms with Gasteiger partial charge < -0.3 is 5.11 Å². The Balaban J connectivity index is 2.48. The van der Waals surface area contributed by atoms with Gasteiger partial charge in [0.15, 0.2) is 0 Å². The third kappa shape index (κ3) is 3.28. The summed E-state index contributed by atoms with van der Waals surface area (Å²) < 4.78 is 0. The first-order valence-electron chi connectivity index (χ1n) is 4.06. The minimum Gasteiger partial charge on any atom is -0.393 e. The Morgan fingerprint density at radius 3 is 2.42 bits per heavy atom. The summed E-state index contributed by atoms with van der Waals surface area (Å²) in [6, 6.07) is 8.35. The molecule has 0 aliphatic heterocycles. The molecule has 0 unspecified atom stereocenters. The highest BCUT2D eigenvalue weighted by atomic mass is 32.2. The molecule has 12 heavy (non-hydrogen) atoms. The van der Waals surface area contributed by atoms with Gasteiger partial charge in [-0.3, -0.25) is 0 Å². The molecule has 0 aliphatic carbocycles. The number of rotatable bonds is 3. The van der Waals surface area contributed by atoms with E-state index in [1.165, 1.54) is 10.5 Å². The summed E-state index contributed by atoms with van der Waals surface area (Å²) in [5, 5.41) is 9.05. The first-order chi connectivity index (χ1) is 5.68. The summed E-state index contributed by atoms with van der Waals surface area (Å²) in [6.45, 7) is 3.88. The van der Waals surface area contributed by atoms with Gasteiger partial charge in [-0.25, -0.2) is 0 Å². The van der Waals surface area contributed by atoms with Crippen LogP contribution in [0.15, 0.2) is 29.2 Å². The predicted octanol–water partition coefficient (Wildman–Crippen LogP) is 2.47. The van der Waals surface area contributed by atoms with Crippen LogP contribution < -0.4 is 0 Å². The lowest BCUT2D eigenvalue weighted by molar-refractivity contribution is 0.220. The van der Waals surface area contributed by atoms with Crippen molar-refractivity contribution in [2.75, 3.05) is 5.75 Å². The highest BCUT2D eigenvalue weighted by Gasteiger charge is 1.97. The second-order valence-electron chi connectivity index (χ2n) is 2.97. The van der Waals surface area contributed by atoms with E-state index in [-0.39, 0.29) is 6.10 Å². The quantitative estimate of drug-likeness (QED) is 0.725. The summed E-state index contributed by atoms with van der Waals surface area (Å²) in [6.07, 6.45) is -0.226. The second-order valence-corrected chi connectivity index (χ2v) is 4.07. The van der Waals surface area contributed by atoms with Crippen LogP contribution in [0.5, 0.6) is 0 Å². The van der Waals surface area contributed by atoms with Crippen molar-refractivity contribution in [1.82, 2.24) is 0 Å². The van der Waals surface area contributed by atoms with Crippen LogP contribution in [0, 0.1) is 6.92 Å². The molecule has 1 atom stereocenters. The number of hydrogen-bond acceptors (Lipinski definition) is 2. The molecule has 0 heterocycles. The Labute approximate surface area is 77.8 Å². The number of aryl methyl sites for hydroxylation is 1. The van der Waals surface area contributed by atoms with Crippen LogP contribution in [0.4, 0.5) is 0 Å². The Hall–Kier alpha value is -0.470. The van der Waals surface area contributed by atoms with E-state index in [1.54, 1.807) is 18.7 Å². The van der Waals surface area contributed by atoms with E-state index in [0.29, 0.717) is 0 Å². The van der Waals surface area contributed by atoms with Gasteiger partial charge in [0.25, 0.3) is 0 Å². The van der Waals surface area contributed by atoms with Gasteiger partial charge in [0.05, 0.1) is 6.10 Å². The van der Waals surface area contributed by atoms with Gasteiger partial charge in [0.1, 0.15) is 0 Å². The molecule has 0 radical (unpaired) electrons. The van der Waals surface area contributed by atoms with Crippen molar-refractivity contribution in [2.24, 2.45) is 0 Å². The fourth-order valence-electron chi connectivity index (χ4n) is 0.851. The summed E-state index contributed by atoms with van der Waals surface area (Å²) in [4.78, 5) is 1.22. The summed E-state index contributed by atoms with van der Waals surface area (Å²) in [5.41, 5.74) is 1.27. The zero-order valence-corrected chi connectivity index (χ0v) is 8.27. The van der Waals surface area contributed by atoms with Gasteiger partial charge >= 0.3 is 0 Å². The molecule has 1 rings (SSSR count). The SMILES string of the molecule is Cc1ccc(SC[C@H](C)O)cc1. The lowest BCUT2D eigenvalue weighted by Crippen LogP contribution is -2.01. The lowest BCUT2D eigenvalue weighted by Gasteiger charge is -2.03. The number of thioether (sulfide) groups is 1. The van der Waals surface area contributed by atoms with Crippen molar-refractivity contribution in [2.45, 2.75) is 24.8 Å². The average molecular weight is 182 g/mol. The minimum absolute atomic E-state index is 0.226. The van der Waals surface area contributed by atoms with Gasteiger partial charge in [-0.2, -0.15) is 0 Å². The van der Waals surface area contributed by atoms with Crippen LogP contribution in [0.1, 0.15) is 12.5 Å². The normalized spacial score (nSPS) is 12.9. The number of hydrogen-bond donors (Lipinski definition) is 1. The van der Waals surface area contributed by atoms with Gasteiger partial charge in [-0.05, 0) is 26.0 Å². The van der Waals surface area contributed by atoms with E-state index in [4.69, 9.17) is 5.11 Å². The molecule has 0 spiro atoms. The summed E-state index contributed by atoms with van der Waals surface area (Å²) in [7, 11) is 0. The molecular formula is C10H14OS. The maximum Gasteiger partial charge on any atom is 0.0606 e. The Bertz CT molecular complexity index is 228. The highest BCUT2D eigenvalue weighted by Crippen LogP contribution is 2.18. The van der Waals surface area contributed by atoms with Crippen molar-refractivity contribution in [1.29, 1.82) is 0 Å². The standard InChI is InChI=1S/C10H14OS/c1-8-3-5-10(6-4-8)12-7-9(2)11/h3-6,9,11H,7H2,1-2H3/t9-/m0/s1. The van der Waals surface area contributed by atoms with Gasteiger partial charge in [-0.1, -0.05) is 17.7 Å². The van der Waals surface area contributed by atoms with Crippen LogP contribution in [-0.2, 0) is 0 Å². The lowest BCUT2D eigenvalue weighted by atomic mass is 10.2. The van der Waals surface area contributed by atoms with Crippen molar-refractivity contribution in [3.8, 4) is 0 Å². The first-order valence-corrected chi connectivity index (χ1v) is 5.04. The smallest absolute Gasteiger partial charge is 0.0606 e. The molecule has 1 N–H and O–H groups in total. The van der Waals surface area contributed by atoms with Crippen LogP contribution in [0.3, 0.4) is 0 Å². The van der Waals surface area contributed by atoms with Crippen molar-refractivity contribution in [3.63, 3.8) is 0 Å². The molecule has 1 aromatic carbocycles. The zero-order chi connectivity index (χ0) is 8.97. The number of aliphatic hydroxyl groups excluding tert-OH is 1. The van der Waals surface area contributed by atoms with Crippen molar-refractivity contribution in [3.05, 3.63) is 29.8 Å². The molecule has 0 saturated carbocycles. The molecule has 66 valence electrons. The monoisotopic (exact) mass is 182 g/mol. The summed E-state index contributed by atoms with van der Waals surface area (Å²) >= 11 is 1.69. The molecule has 0 aromatic heterocycles. The van der Waals surface area contributed by atoms with Crippen LogP contribution in [0.25, 0.3) is 0 Å². The molecule has 2 heteroatoms. The van der Waals surface area contributed by atoms with Crippen molar-refractivity contribution < 1.29 is 5.11 Å². The highest BCUT2D eigenvalue weighted by molar-refractivity contribution is 7.99. The van der Waals surface area contributed by atoms with E-state index < -0.39 is 0 Å². The molecule has 1 aromatic rings. The zero-order valence-electron chi connectivity index (χ0n) is 7.45. The third-order valence-electron chi connectivity index (χ3n) is 1.51.